The maximum absolute atomic E-state index is 12.7. The molecule has 0 radical (unpaired) electrons. The van der Waals surface area contributed by atoms with Gasteiger partial charge in [-0.1, -0.05) is 18.2 Å². The van der Waals surface area contributed by atoms with Crippen LogP contribution in [0.3, 0.4) is 0 Å². The Hall–Kier alpha value is -4.40. The molecule has 0 bridgehead atoms. The highest BCUT2D eigenvalue weighted by Crippen LogP contribution is 2.21. The van der Waals surface area contributed by atoms with E-state index in [4.69, 9.17) is 16.2 Å². The predicted molar refractivity (Wildman–Crippen MR) is 157 cm³/mol. The van der Waals surface area contributed by atoms with Gasteiger partial charge in [0.05, 0.1) is 12.3 Å². The minimum atomic E-state index is -1.73. The van der Waals surface area contributed by atoms with Crippen molar-refractivity contribution in [3.63, 3.8) is 0 Å². The normalized spacial score (nSPS) is 14.2. The first-order valence-corrected chi connectivity index (χ1v) is 13.3. The van der Waals surface area contributed by atoms with Crippen molar-refractivity contribution < 1.29 is 30.3 Å². The number of carbonyl (C=O) groups excluding carboxylic acids is 1. The number of anilines is 1. The molecular formula is C29H35N7O6. The first-order chi connectivity index (χ1) is 20.1. The number of aromatic nitrogens is 3. The first-order valence-electron chi connectivity index (χ1n) is 13.3. The predicted octanol–water partition coefficient (Wildman–Crippen LogP) is -0.246. The van der Waals surface area contributed by atoms with Crippen molar-refractivity contribution in [2.45, 2.75) is 30.8 Å². The number of hydrogen-bond acceptors (Lipinski definition) is 10. The number of nitrogens with one attached hydrogen (secondary N) is 3. The molecule has 13 nitrogen and oxygen atoms in total. The van der Waals surface area contributed by atoms with Gasteiger partial charge in [-0.15, -0.1) is 0 Å². The highest BCUT2D eigenvalue weighted by molar-refractivity contribution is 6.07. The largest absolute Gasteiger partial charge is 0.394 e. The second-order valence-corrected chi connectivity index (χ2v) is 10.0. The van der Waals surface area contributed by atoms with Gasteiger partial charge in [0.1, 0.15) is 30.3 Å². The van der Waals surface area contributed by atoms with Gasteiger partial charge in [-0.25, -0.2) is 9.97 Å². The van der Waals surface area contributed by atoms with Crippen LogP contribution in [0.2, 0.25) is 0 Å². The lowest BCUT2D eigenvalue weighted by molar-refractivity contribution is -0.112. The van der Waals surface area contributed by atoms with Crippen LogP contribution < -0.4 is 16.0 Å². The van der Waals surface area contributed by atoms with E-state index in [2.05, 4.69) is 20.3 Å². The van der Waals surface area contributed by atoms with Crippen LogP contribution in [0.4, 0.5) is 5.95 Å². The molecule has 42 heavy (non-hydrogen) atoms. The van der Waals surface area contributed by atoms with Crippen LogP contribution in [0.25, 0.3) is 22.2 Å². The third-order valence-electron chi connectivity index (χ3n) is 6.95. The molecule has 0 saturated heterocycles. The maximum Gasteiger partial charge on any atom is 0.251 e. The molecule has 0 unspecified atom stereocenters. The highest BCUT2D eigenvalue weighted by atomic mass is 16.4. The Labute approximate surface area is 241 Å². The van der Waals surface area contributed by atoms with E-state index in [9.17, 15) is 25.2 Å². The number of carbonyl (C=O) groups is 1. The Balaban J connectivity index is 1.34. The molecule has 0 aliphatic carbocycles. The molecule has 0 aliphatic heterocycles. The number of benzene rings is 2. The summed E-state index contributed by atoms with van der Waals surface area (Å²) in [7, 11) is 1.59. The van der Waals surface area contributed by atoms with Crippen molar-refractivity contribution in [1.29, 1.82) is 5.41 Å². The molecule has 4 atom stereocenters. The highest BCUT2D eigenvalue weighted by Gasteiger charge is 2.31. The number of likely N-dealkylation sites (N-methyl/N-ethyl adjacent to an activating group) is 1. The Kier molecular flexibility index (Phi) is 9.83. The number of nitrogens with two attached hydrogens (primary N) is 1. The number of aliphatic hydroxyl groups excluding tert-OH is 5. The summed E-state index contributed by atoms with van der Waals surface area (Å²) in [5, 5.41) is 60.1. The van der Waals surface area contributed by atoms with Gasteiger partial charge < -0.3 is 46.5 Å². The fourth-order valence-corrected chi connectivity index (χ4v) is 4.49. The van der Waals surface area contributed by atoms with Gasteiger partial charge in [-0.3, -0.25) is 10.2 Å². The standard InChI is InChI=1S/C29H35N7O6/c1-36(14-23(38)25(40)26(41)24(39)15-37)29-33-11-9-21(35-29)17-3-5-18(6-4-17)28(42)32-10-8-16-2-7-22-19(12-16)20(13-34-22)27(30)31/h2-7,9,11-13,23-26,34,37-41H,8,10,14-15H2,1H3,(H3,30,31)(H,32,42)/t23-,24+,25+,26-/m0/s1. The molecule has 0 fully saturated rings. The fourth-order valence-electron chi connectivity index (χ4n) is 4.49. The monoisotopic (exact) mass is 577 g/mol. The van der Waals surface area contributed by atoms with Crippen LogP contribution in [-0.4, -0.2) is 103 Å². The summed E-state index contributed by atoms with van der Waals surface area (Å²) in [6, 6.07) is 14.4. The number of nitrogen functional groups attached to an aromatic ring is 1. The van der Waals surface area contributed by atoms with Gasteiger partial charge >= 0.3 is 0 Å². The summed E-state index contributed by atoms with van der Waals surface area (Å²) in [4.78, 5) is 26.0. The Morgan fingerprint density at radius 1 is 1.07 bits per heavy atom. The van der Waals surface area contributed by atoms with E-state index < -0.39 is 31.0 Å². The summed E-state index contributed by atoms with van der Waals surface area (Å²) < 4.78 is 0. The van der Waals surface area contributed by atoms with Crippen LogP contribution in [0.5, 0.6) is 0 Å². The number of aliphatic hydroxyl groups is 5. The SMILES string of the molecule is CN(C[C@H](O)[C@@H](O)[C@@H](O)[C@H](O)CO)c1nccc(-c2ccc(C(=O)NCCc3ccc4[nH]cc(C(=N)N)c4c3)cc2)n1. The summed E-state index contributed by atoms with van der Waals surface area (Å²) in [6.07, 6.45) is -2.62. The van der Waals surface area contributed by atoms with Crippen LogP contribution in [0.15, 0.2) is 60.9 Å². The number of aromatic amines is 1. The number of H-pyrrole nitrogens is 1. The minimum Gasteiger partial charge on any atom is -0.394 e. The number of amides is 1. The molecule has 222 valence electrons. The lowest BCUT2D eigenvalue weighted by Gasteiger charge is -2.28. The van der Waals surface area contributed by atoms with E-state index >= 15 is 0 Å². The zero-order valence-corrected chi connectivity index (χ0v) is 23.0. The van der Waals surface area contributed by atoms with Gasteiger partial charge in [0.15, 0.2) is 0 Å². The molecular weight excluding hydrogens is 542 g/mol. The van der Waals surface area contributed by atoms with E-state index in [0.717, 1.165) is 22.0 Å². The summed E-state index contributed by atoms with van der Waals surface area (Å²) >= 11 is 0. The molecule has 4 rings (SSSR count). The average molecular weight is 578 g/mol. The van der Waals surface area contributed by atoms with E-state index in [1.165, 1.54) is 11.1 Å². The van der Waals surface area contributed by atoms with Gasteiger partial charge in [-0.2, -0.15) is 0 Å². The van der Waals surface area contributed by atoms with Gasteiger partial charge in [0, 0.05) is 60.1 Å². The van der Waals surface area contributed by atoms with E-state index in [0.29, 0.717) is 29.8 Å². The van der Waals surface area contributed by atoms with Crippen molar-refractivity contribution in [3.05, 3.63) is 77.6 Å². The zero-order valence-electron chi connectivity index (χ0n) is 23.0. The zero-order chi connectivity index (χ0) is 30.4. The third-order valence-corrected chi connectivity index (χ3v) is 6.95. The molecule has 2 aromatic heterocycles. The van der Waals surface area contributed by atoms with Crippen molar-refractivity contribution in [3.8, 4) is 11.3 Å². The topological polar surface area (TPSA) is 225 Å². The summed E-state index contributed by atoms with van der Waals surface area (Å²) in [6.45, 7) is -0.499. The number of rotatable bonds is 13. The minimum absolute atomic E-state index is 0.00781. The van der Waals surface area contributed by atoms with E-state index in [-0.39, 0.29) is 24.2 Å². The molecule has 0 spiro atoms. The summed E-state index contributed by atoms with van der Waals surface area (Å²) in [5.74, 6) is 0.00966. The molecule has 10 N–H and O–H groups in total. The second kappa shape index (κ2) is 13.5. The number of fused-ring (bicyclic) bond motifs is 1. The Morgan fingerprint density at radius 2 is 1.79 bits per heavy atom. The van der Waals surface area contributed by atoms with Crippen LogP contribution in [-0.2, 0) is 6.42 Å². The van der Waals surface area contributed by atoms with Gasteiger partial charge in [0.25, 0.3) is 5.91 Å². The first kappa shape index (κ1) is 30.6. The number of nitrogens with zero attached hydrogens (tertiary/aromatic N) is 3. The Morgan fingerprint density at radius 3 is 2.48 bits per heavy atom. The van der Waals surface area contributed by atoms with Gasteiger partial charge in [0.2, 0.25) is 5.95 Å². The van der Waals surface area contributed by atoms with Crippen LogP contribution >= 0.6 is 0 Å². The molecule has 4 aromatic rings. The number of hydrogen-bond donors (Lipinski definition) is 9. The molecule has 0 saturated carbocycles. The summed E-state index contributed by atoms with van der Waals surface area (Å²) in [5.41, 5.74) is 9.96. The smallest absolute Gasteiger partial charge is 0.251 e. The lowest BCUT2D eigenvalue weighted by Crippen LogP contribution is -2.49. The fraction of sp³-hybridized carbons (Fsp3) is 0.310. The lowest BCUT2D eigenvalue weighted by atomic mass is 10.0. The third kappa shape index (κ3) is 7.08. The molecule has 1 amide bonds. The van der Waals surface area contributed by atoms with Crippen molar-refractivity contribution in [2.24, 2.45) is 5.73 Å². The molecule has 13 heteroatoms. The van der Waals surface area contributed by atoms with Crippen LogP contribution in [0.1, 0.15) is 21.5 Å². The Bertz CT molecular complexity index is 1530. The maximum atomic E-state index is 12.7. The van der Waals surface area contributed by atoms with E-state index in [1.54, 1.807) is 43.6 Å². The number of amidine groups is 1. The van der Waals surface area contributed by atoms with Gasteiger partial charge in [-0.05, 0) is 42.3 Å². The van der Waals surface area contributed by atoms with Crippen molar-refractivity contribution >= 4 is 28.6 Å². The molecule has 2 heterocycles. The quantitative estimate of drug-likeness (QED) is 0.0748. The van der Waals surface area contributed by atoms with Crippen molar-refractivity contribution in [2.75, 3.05) is 31.6 Å². The van der Waals surface area contributed by atoms with E-state index in [1.807, 2.05) is 18.2 Å². The molecule has 2 aromatic carbocycles. The van der Waals surface area contributed by atoms with Crippen molar-refractivity contribution in [1.82, 2.24) is 20.3 Å². The second-order valence-electron chi connectivity index (χ2n) is 10.0. The average Bonchev–Trinajstić information content (AvgIpc) is 3.43. The van der Waals surface area contributed by atoms with Crippen LogP contribution in [0, 0.1) is 5.41 Å². The molecule has 0 aliphatic rings.